The molecule has 0 aromatic heterocycles. The Morgan fingerprint density at radius 2 is 1.90 bits per heavy atom. The van der Waals surface area contributed by atoms with E-state index in [0.29, 0.717) is 0 Å². The van der Waals surface area contributed by atoms with Crippen LogP contribution < -0.4 is 0 Å². The van der Waals surface area contributed by atoms with Crippen molar-refractivity contribution in [3.05, 3.63) is 0 Å². The molecule has 1 fully saturated rings. The van der Waals surface area contributed by atoms with Crippen molar-refractivity contribution in [3.8, 4) is 0 Å². The minimum atomic E-state index is 0.286. The first kappa shape index (κ1) is 7.98. The van der Waals surface area contributed by atoms with Gasteiger partial charge in [-0.2, -0.15) is 0 Å². The second-order valence-corrected chi connectivity index (χ2v) is 3.51. The van der Waals surface area contributed by atoms with Crippen LogP contribution >= 0.6 is 0 Å². The lowest BCUT2D eigenvalue weighted by Crippen LogP contribution is -2.56. The highest BCUT2D eigenvalue weighted by Gasteiger charge is 2.25. The molecular formula is C7H17N2O+. The fourth-order valence-corrected chi connectivity index (χ4v) is 1.19. The summed E-state index contributed by atoms with van der Waals surface area (Å²) in [6.07, 6.45) is 0. The number of aliphatic hydroxyl groups excluding tert-OH is 1. The van der Waals surface area contributed by atoms with E-state index in [-0.39, 0.29) is 6.73 Å². The number of nitrogens with zero attached hydrogens (tertiary/aromatic N) is 2. The number of hydrogen-bond donors (Lipinski definition) is 1. The number of piperazine rings is 1. The SMILES string of the molecule is CN1CC[N+](C)(CO)CC1. The van der Waals surface area contributed by atoms with Crippen molar-refractivity contribution in [3.63, 3.8) is 0 Å². The van der Waals surface area contributed by atoms with Crippen LogP contribution in [0.4, 0.5) is 0 Å². The van der Waals surface area contributed by atoms with Crippen LogP contribution in [0.2, 0.25) is 0 Å². The molecule has 0 radical (unpaired) electrons. The van der Waals surface area contributed by atoms with E-state index in [0.717, 1.165) is 30.7 Å². The Labute approximate surface area is 62.4 Å². The van der Waals surface area contributed by atoms with Crippen LogP contribution in [0.1, 0.15) is 0 Å². The highest BCUT2D eigenvalue weighted by atomic mass is 16.3. The van der Waals surface area contributed by atoms with Crippen molar-refractivity contribution < 1.29 is 9.59 Å². The Morgan fingerprint density at radius 3 is 2.30 bits per heavy atom. The first-order valence-corrected chi connectivity index (χ1v) is 3.79. The number of aliphatic hydroxyl groups is 1. The Bertz CT molecular complexity index is 108. The van der Waals surface area contributed by atoms with Crippen molar-refractivity contribution in [2.24, 2.45) is 0 Å². The van der Waals surface area contributed by atoms with Gasteiger partial charge in [-0.3, -0.25) is 4.90 Å². The summed E-state index contributed by atoms with van der Waals surface area (Å²) in [5, 5.41) is 8.99. The van der Waals surface area contributed by atoms with Gasteiger partial charge in [0.05, 0.1) is 20.1 Å². The van der Waals surface area contributed by atoms with Crippen LogP contribution in [-0.2, 0) is 0 Å². The summed E-state index contributed by atoms with van der Waals surface area (Å²) in [7, 11) is 4.23. The van der Waals surface area contributed by atoms with E-state index in [9.17, 15) is 0 Å². The highest BCUT2D eigenvalue weighted by Crippen LogP contribution is 2.06. The molecule has 1 aliphatic rings. The molecule has 0 atom stereocenters. The summed E-state index contributed by atoms with van der Waals surface area (Å²) in [6.45, 7) is 4.65. The second-order valence-electron chi connectivity index (χ2n) is 3.51. The quantitative estimate of drug-likeness (QED) is 0.495. The van der Waals surface area contributed by atoms with Crippen molar-refractivity contribution in [1.82, 2.24) is 4.90 Å². The lowest BCUT2D eigenvalue weighted by molar-refractivity contribution is -0.930. The summed E-state index contributed by atoms with van der Waals surface area (Å²) < 4.78 is 0.824. The largest absolute Gasteiger partial charge is 0.347 e. The van der Waals surface area contributed by atoms with Crippen molar-refractivity contribution >= 4 is 0 Å². The predicted octanol–water partition coefficient (Wildman–Crippen LogP) is -0.672. The average molecular weight is 145 g/mol. The zero-order chi connectivity index (χ0) is 7.61. The van der Waals surface area contributed by atoms with E-state index < -0.39 is 0 Å². The second kappa shape index (κ2) is 2.86. The molecule has 0 bridgehead atoms. The molecule has 60 valence electrons. The van der Waals surface area contributed by atoms with Gasteiger partial charge in [0.1, 0.15) is 0 Å². The molecule has 0 unspecified atom stereocenters. The molecule has 0 aromatic carbocycles. The van der Waals surface area contributed by atoms with Crippen LogP contribution in [0.25, 0.3) is 0 Å². The lowest BCUT2D eigenvalue weighted by Gasteiger charge is -2.39. The summed E-state index contributed by atoms with van der Waals surface area (Å²) in [5.41, 5.74) is 0. The maximum atomic E-state index is 8.99. The third-order valence-corrected chi connectivity index (χ3v) is 2.38. The minimum absolute atomic E-state index is 0.286. The molecule has 3 nitrogen and oxygen atoms in total. The van der Waals surface area contributed by atoms with Gasteiger partial charge in [0.2, 0.25) is 0 Å². The molecule has 1 rings (SSSR count). The normalized spacial score (nSPS) is 26.7. The molecule has 0 saturated carbocycles. The maximum absolute atomic E-state index is 8.99. The highest BCUT2D eigenvalue weighted by molar-refractivity contribution is 4.56. The molecule has 3 heteroatoms. The van der Waals surface area contributed by atoms with Gasteiger partial charge in [-0.05, 0) is 7.05 Å². The van der Waals surface area contributed by atoms with E-state index in [1.54, 1.807) is 0 Å². The number of quaternary nitrogens is 1. The number of hydrogen-bond acceptors (Lipinski definition) is 2. The van der Waals surface area contributed by atoms with Gasteiger partial charge >= 0.3 is 0 Å². The Balaban J connectivity index is 2.38. The zero-order valence-corrected chi connectivity index (χ0v) is 6.88. The number of likely N-dealkylation sites (N-methyl/N-ethyl adjacent to an activating group) is 2. The third kappa shape index (κ3) is 1.68. The zero-order valence-electron chi connectivity index (χ0n) is 6.88. The summed E-state index contributed by atoms with van der Waals surface area (Å²) in [5.74, 6) is 0. The van der Waals surface area contributed by atoms with Crippen LogP contribution in [-0.4, -0.2) is 61.5 Å². The Kier molecular flexibility index (Phi) is 2.28. The standard InChI is InChI=1S/C7H17N2O/c1-8-3-5-9(2,7-10)6-4-8/h10H,3-7H2,1-2H3/q+1. The van der Waals surface area contributed by atoms with Gasteiger partial charge in [-0.1, -0.05) is 0 Å². The summed E-state index contributed by atoms with van der Waals surface area (Å²) >= 11 is 0. The smallest absolute Gasteiger partial charge is 0.180 e. The summed E-state index contributed by atoms with van der Waals surface area (Å²) in [6, 6.07) is 0. The first-order chi connectivity index (χ1) is 4.66. The summed E-state index contributed by atoms with van der Waals surface area (Å²) in [4.78, 5) is 2.30. The molecular weight excluding hydrogens is 128 g/mol. The van der Waals surface area contributed by atoms with Gasteiger partial charge < -0.3 is 9.59 Å². The van der Waals surface area contributed by atoms with Crippen molar-refractivity contribution in [2.45, 2.75) is 0 Å². The van der Waals surface area contributed by atoms with Gasteiger partial charge in [0.25, 0.3) is 0 Å². The lowest BCUT2D eigenvalue weighted by atomic mass is 10.3. The third-order valence-electron chi connectivity index (χ3n) is 2.38. The Morgan fingerprint density at radius 1 is 1.40 bits per heavy atom. The van der Waals surface area contributed by atoms with E-state index in [2.05, 4.69) is 19.0 Å². The molecule has 0 aromatic rings. The minimum Gasteiger partial charge on any atom is -0.347 e. The number of rotatable bonds is 1. The monoisotopic (exact) mass is 145 g/mol. The molecule has 10 heavy (non-hydrogen) atoms. The van der Waals surface area contributed by atoms with Crippen LogP contribution in [0.3, 0.4) is 0 Å². The van der Waals surface area contributed by atoms with E-state index in [4.69, 9.17) is 5.11 Å². The first-order valence-electron chi connectivity index (χ1n) is 3.79. The molecule has 0 aliphatic carbocycles. The van der Waals surface area contributed by atoms with Gasteiger partial charge in [0.15, 0.2) is 6.73 Å². The van der Waals surface area contributed by atoms with Crippen molar-refractivity contribution in [1.29, 1.82) is 0 Å². The molecule has 1 heterocycles. The topological polar surface area (TPSA) is 23.5 Å². The molecule has 1 aliphatic heterocycles. The van der Waals surface area contributed by atoms with Gasteiger partial charge in [0, 0.05) is 13.1 Å². The predicted molar refractivity (Wildman–Crippen MR) is 40.5 cm³/mol. The van der Waals surface area contributed by atoms with Gasteiger partial charge in [-0.15, -0.1) is 0 Å². The fraction of sp³-hybridized carbons (Fsp3) is 1.00. The van der Waals surface area contributed by atoms with Crippen molar-refractivity contribution in [2.75, 3.05) is 47.0 Å². The van der Waals surface area contributed by atoms with Crippen LogP contribution in [0.15, 0.2) is 0 Å². The van der Waals surface area contributed by atoms with Crippen LogP contribution in [0.5, 0.6) is 0 Å². The Hall–Kier alpha value is -0.120. The van der Waals surface area contributed by atoms with E-state index in [1.807, 2.05) is 0 Å². The van der Waals surface area contributed by atoms with E-state index in [1.165, 1.54) is 0 Å². The molecule has 1 saturated heterocycles. The average Bonchev–Trinajstić information content (AvgIpc) is 1.96. The van der Waals surface area contributed by atoms with Crippen LogP contribution in [0, 0.1) is 0 Å². The van der Waals surface area contributed by atoms with E-state index >= 15 is 0 Å². The molecule has 1 N–H and O–H groups in total. The molecule has 0 spiro atoms. The maximum Gasteiger partial charge on any atom is 0.180 e. The fourth-order valence-electron chi connectivity index (χ4n) is 1.19. The molecule has 0 amide bonds. The van der Waals surface area contributed by atoms with Gasteiger partial charge in [-0.25, -0.2) is 0 Å².